The van der Waals surface area contributed by atoms with Crippen molar-refractivity contribution in [2.24, 2.45) is 5.92 Å². The zero-order valence-corrected chi connectivity index (χ0v) is 15.5. The van der Waals surface area contributed by atoms with Crippen LogP contribution in [0.3, 0.4) is 0 Å². The summed E-state index contributed by atoms with van der Waals surface area (Å²) in [5, 5.41) is 9.78. The van der Waals surface area contributed by atoms with Gasteiger partial charge in [0.05, 0.1) is 5.92 Å². The minimum absolute atomic E-state index is 0.198. The van der Waals surface area contributed by atoms with Gasteiger partial charge in [0.2, 0.25) is 0 Å². The maximum Gasteiger partial charge on any atom is 0.309 e. The lowest BCUT2D eigenvalue weighted by Gasteiger charge is -2.36. The summed E-state index contributed by atoms with van der Waals surface area (Å²) in [6, 6.07) is 14.9. The van der Waals surface area contributed by atoms with Crippen molar-refractivity contribution in [2.45, 2.75) is 32.7 Å². The highest BCUT2D eigenvalue weighted by Crippen LogP contribution is 2.26. The van der Waals surface area contributed by atoms with Crippen LogP contribution in [-0.4, -0.2) is 29.1 Å². The van der Waals surface area contributed by atoms with Gasteiger partial charge in [0.1, 0.15) is 0 Å². The van der Waals surface area contributed by atoms with E-state index < -0.39 is 5.97 Å². The van der Waals surface area contributed by atoms with Crippen LogP contribution in [0.4, 0.5) is 0 Å². The number of halogens is 1. The molecule has 1 fully saturated rings. The molecule has 1 aliphatic heterocycles. The molecule has 1 heterocycles. The molecule has 1 saturated heterocycles. The first-order valence-electron chi connectivity index (χ1n) is 8.71. The molecule has 1 aliphatic rings. The third-order valence-corrected chi connectivity index (χ3v) is 5.42. The van der Waals surface area contributed by atoms with E-state index in [1.54, 1.807) is 0 Å². The van der Waals surface area contributed by atoms with Crippen LogP contribution in [0.2, 0.25) is 5.02 Å². The summed E-state index contributed by atoms with van der Waals surface area (Å²) < 4.78 is 0. The molecule has 0 amide bonds. The largest absolute Gasteiger partial charge is 0.481 e. The maximum absolute atomic E-state index is 10.9. The van der Waals surface area contributed by atoms with Crippen LogP contribution in [0.1, 0.15) is 35.1 Å². The summed E-state index contributed by atoms with van der Waals surface area (Å²) >= 11 is 6.12. The van der Waals surface area contributed by atoms with Crippen LogP contribution in [0.25, 0.3) is 0 Å². The molecule has 0 bridgehead atoms. The lowest BCUT2D eigenvalue weighted by molar-refractivity contribution is -0.147. The lowest BCUT2D eigenvalue weighted by atomic mass is 9.92. The second kappa shape index (κ2) is 7.59. The molecule has 4 heteroatoms. The molecule has 0 aliphatic carbocycles. The van der Waals surface area contributed by atoms with Gasteiger partial charge in [-0.2, -0.15) is 0 Å². The zero-order valence-electron chi connectivity index (χ0n) is 14.7. The Hall–Kier alpha value is -1.84. The van der Waals surface area contributed by atoms with Gasteiger partial charge in [-0.05, 0) is 47.6 Å². The van der Waals surface area contributed by atoms with Crippen molar-refractivity contribution in [3.63, 3.8) is 0 Å². The number of carboxylic acid groups (broad SMARTS) is 1. The Balaban J connectivity index is 1.61. The minimum Gasteiger partial charge on any atom is -0.481 e. The normalized spacial score (nSPS) is 16.4. The van der Waals surface area contributed by atoms with Gasteiger partial charge >= 0.3 is 5.97 Å². The van der Waals surface area contributed by atoms with Gasteiger partial charge < -0.3 is 5.11 Å². The highest BCUT2D eigenvalue weighted by Gasteiger charge is 2.32. The Morgan fingerprint density at radius 3 is 2.64 bits per heavy atom. The van der Waals surface area contributed by atoms with Gasteiger partial charge in [0.25, 0.3) is 0 Å². The monoisotopic (exact) mass is 357 g/mol. The third kappa shape index (κ3) is 4.42. The first-order chi connectivity index (χ1) is 11.9. The zero-order chi connectivity index (χ0) is 18.0. The summed E-state index contributed by atoms with van der Waals surface area (Å²) in [6.45, 7) is 6.41. The molecule has 1 unspecified atom stereocenters. The number of hydrogen-bond acceptors (Lipinski definition) is 2. The molecule has 2 aromatic rings. The Bertz CT molecular complexity index is 768. The second-order valence-corrected chi connectivity index (χ2v) is 7.57. The Morgan fingerprint density at radius 2 is 1.96 bits per heavy atom. The first-order valence-corrected chi connectivity index (χ1v) is 9.09. The number of aliphatic carboxylic acids is 1. The van der Waals surface area contributed by atoms with E-state index in [1.165, 1.54) is 16.7 Å². The highest BCUT2D eigenvalue weighted by molar-refractivity contribution is 6.31. The fourth-order valence-corrected chi connectivity index (χ4v) is 3.53. The van der Waals surface area contributed by atoms with Crippen molar-refractivity contribution >= 4 is 17.6 Å². The Kier molecular flexibility index (Phi) is 5.45. The number of carbonyl (C=O) groups is 1. The van der Waals surface area contributed by atoms with E-state index in [4.69, 9.17) is 16.7 Å². The van der Waals surface area contributed by atoms with E-state index >= 15 is 0 Å². The van der Waals surface area contributed by atoms with E-state index in [0.717, 1.165) is 23.6 Å². The predicted octanol–water partition coefficient (Wildman–Crippen LogP) is 4.51. The number of carboxylic acids is 1. The molecule has 25 heavy (non-hydrogen) atoms. The number of rotatable bonds is 6. The summed E-state index contributed by atoms with van der Waals surface area (Å²) in [5.41, 5.74) is 4.98. The number of aryl methyl sites for hydroxylation is 1. The summed E-state index contributed by atoms with van der Waals surface area (Å²) in [4.78, 5) is 13.1. The number of nitrogens with zero attached hydrogens (tertiary/aromatic N) is 1. The summed E-state index contributed by atoms with van der Waals surface area (Å²) in [6.07, 6.45) is 0.979. The van der Waals surface area contributed by atoms with E-state index in [2.05, 4.69) is 48.2 Å². The average molecular weight is 358 g/mol. The molecule has 3 rings (SSSR count). The smallest absolute Gasteiger partial charge is 0.309 e. The SMILES string of the molecule is Cc1cc(C(C)Cc2cccc(CN3CC(C(=O)O)C3)c2)ccc1Cl. The van der Waals surface area contributed by atoms with Gasteiger partial charge in [-0.25, -0.2) is 0 Å². The Morgan fingerprint density at radius 1 is 1.24 bits per heavy atom. The van der Waals surface area contributed by atoms with Crippen LogP contribution in [-0.2, 0) is 17.8 Å². The molecule has 3 nitrogen and oxygen atoms in total. The van der Waals surface area contributed by atoms with Gasteiger partial charge in [-0.15, -0.1) is 0 Å². The van der Waals surface area contributed by atoms with Gasteiger partial charge in [0.15, 0.2) is 0 Å². The maximum atomic E-state index is 10.9. The number of benzene rings is 2. The van der Waals surface area contributed by atoms with Crippen molar-refractivity contribution in [2.75, 3.05) is 13.1 Å². The molecule has 0 saturated carbocycles. The number of likely N-dealkylation sites (tertiary alicyclic amines) is 1. The lowest BCUT2D eigenvalue weighted by Crippen LogP contribution is -2.49. The van der Waals surface area contributed by atoms with Crippen LogP contribution in [0.5, 0.6) is 0 Å². The van der Waals surface area contributed by atoms with E-state index in [9.17, 15) is 4.79 Å². The third-order valence-electron chi connectivity index (χ3n) is 5.00. The summed E-state index contributed by atoms with van der Waals surface area (Å²) in [7, 11) is 0. The predicted molar refractivity (Wildman–Crippen MR) is 101 cm³/mol. The van der Waals surface area contributed by atoms with Crippen LogP contribution in [0, 0.1) is 12.8 Å². The standard InChI is InChI=1S/C21H24ClNO2/c1-14(18-6-7-20(22)15(2)9-18)8-16-4-3-5-17(10-16)11-23-12-19(13-23)21(24)25/h3-7,9-10,14,19H,8,11-13H2,1-2H3,(H,24,25). The molecule has 132 valence electrons. The van der Waals surface area contributed by atoms with E-state index in [1.807, 2.05) is 13.0 Å². The molecule has 2 aromatic carbocycles. The fourth-order valence-electron chi connectivity index (χ4n) is 3.41. The highest BCUT2D eigenvalue weighted by atomic mass is 35.5. The van der Waals surface area contributed by atoms with Crippen LogP contribution < -0.4 is 0 Å². The number of hydrogen-bond donors (Lipinski definition) is 1. The van der Waals surface area contributed by atoms with E-state index in [0.29, 0.717) is 19.0 Å². The molecular formula is C21H24ClNO2. The van der Waals surface area contributed by atoms with Crippen molar-refractivity contribution in [3.8, 4) is 0 Å². The molecule has 0 radical (unpaired) electrons. The van der Waals surface area contributed by atoms with Crippen molar-refractivity contribution in [1.82, 2.24) is 4.90 Å². The van der Waals surface area contributed by atoms with Crippen LogP contribution >= 0.6 is 11.6 Å². The fraction of sp³-hybridized carbons (Fsp3) is 0.381. The topological polar surface area (TPSA) is 40.5 Å². The first kappa shape index (κ1) is 18.0. The van der Waals surface area contributed by atoms with Crippen molar-refractivity contribution in [3.05, 3.63) is 69.7 Å². The average Bonchev–Trinajstić information content (AvgIpc) is 2.53. The van der Waals surface area contributed by atoms with Gasteiger partial charge in [-0.1, -0.05) is 54.9 Å². The van der Waals surface area contributed by atoms with Crippen molar-refractivity contribution in [1.29, 1.82) is 0 Å². The summed E-state index contributed by atoms with van der Waals surface area (Å²) in [5.74, 6) is -0.458. The van der Waals surface area contributed by atoms with E-state index in [-0.39, 0.29) is 5.92 Å². The molecule has 0 aromatic heterocycles. The molecular weight excluding hydrogens is 334 g/mol. The quantitative estimate of drug-likeness (QED) is 0.826. The van der Waals surface area contributed by atoms with Crippen LogP contribution in [0.15, 0.2) is 42.5 Å². The van der Waals surface area contributed by atoms with Gasteiger partial charge in [0, 0.05) is 24.7 Å². The van der Waals surface area contributed by atoms with Gasteiger partial charge in [-0.3, -0.25) is 9.69 Å². The molecule has 1 atom stereocenters. The molecule has 0 spiro atoms. The van der Waals surface area contributed by atoms with Crippen molar-refractivity contribution < 1.29 is 9.90 Å². The second-order valence-electron chi connectivity index (χ2n) is 7.16. The minimum atomic E-state index is -0.683. The molecule has 1 N–H and O–H groups in total. The Labute approximate surface area is 154 Å².